The second kappa shape index (κ2) is 27.6. The van der Waals surface area contributed by atoms with Crippen LogP contribution in [0.15, 0.2) is 387 Å². The van der Waals surface area contributed by atoms with Gasteiger partial charge in [0, 0.05) is 55.7 Å². The molecule has 0 unspecified atom stereocenters. The third-order valence-corrected chi connectivity index (χ3v) is 20.6. The van der Waals surface area contributed by atoms with Crippen LogP contribution in [0.5, 0.6) is 0 Å². The predicted octanol–water partition coefficient (Wildman–Crippen LogP) is 24.7. The van der Waals surface area contributed by atoms with Crippen molar-refractivity contribution >= 4 is 73.1 Å². The lowest BCUT2D eigenvalue weighted by Crippen LogP contribution is -2.04. The molecular weight excluding hydrogens is 1260 g/mol. The molecule has 14 aromatic carbocycles. The zero-order chi connectivity index (χ0) is 70.2. The molecule has 0 aliphatic heterocycles. The number of benzene rings is 14. The summed E-state index contributed by atoms with van der Waals surface area (Å²) in [6.45, 7) is 3.90. The van der Waals surface area contributed by atoms with Crippen LogP contribution in [0.2, 0.25) is 0 Å². The first-order valence-electron chi connectivity index (χ1n) is 35.4. The molecule has 0 fully saturated rings. The van der Waals surface area contributed by atoms with Crippen LogP contribution in [0.3, 0.4) is 0 Å². The van der Waals surface area contributed by atoms with Gasteiger partial charge in [-0.25, -0.2) is 0 Å². The summed E-state index contributed by atoms with van der Waals surface area (Å²) in [5, 5.41) is 0. The van der Waals surface area contributed by atoms with Crippen molar-refractivity contribution in [1.82, 2.24) is 0 Å². The lowest BCUT2D eigenvalue weighted by Gasteiger charge is -2.16. The van der Waals surface area contributed by atoms with E-state index in [-0.39, 0.29) is 17.3 Å². The summed E-state index contributed by atoms with van der Waals surface area (Å²) in [6, 6.07) is 129. The van der Waals surface area contributed by atoms with Crippen LogP contribution in [0.4, 0.5) is 0 Å². The molecule has 0 spiro atoms. The molecule has 104 heavy (non-hydrogen) atoms. The summed E-state index contributed by atoms with van der Waals surface area (Å²) < 4.78 is 0. The predicted molar refractivity (Wildman–Crippen MR) is 432 cm³/mol. The van der Waals surface area contributed by atoms with E-state index in [0.717, 1.165) is 145 Å². The van der Waals surface area contributed by atoms with E-state index in [1.54, 1.807) is 0 Å². The minimum atomic E-state index is -0.144. The van der Waals surface area contributed by atoms with Crippen LogP contribution >= 0.6 is 0 Å². The average molecular weight is 1330 g/mol. The Morgan fingerprint density at radius 2 is 0.279 bits per heavy atom. The fourth-order valence-electron chi connectivity index (χ4n) is 15.5. The highest BCUT2D eigenvalue weighted by Gasteiger charge is 2.39. The molecule has 0 N–H and O–H groups in total. The standard InChI is InChI=1S/C101H68O3/c1-65-89(76-48-42-73(43-49-76)67-24-9-3-10-25-67)93(87-40-22-37-84(63-87)71-32-17-7-18-33-71)96(99(65)102)80-56-58-81(59-57-80)97-92(78-52-46-75(47-53-78)69-28-13-5-14-29-69)94(88-41-23-38-85(64-88)72-34-19-8-20-35-72)98(101(97)104)82-60-54-79(55-61-82)95-91(77-50-44-74(45-51-77)68-26-11-4-12-27-68)90(66(2)100(95)103)86-39-21-36-83(62-86)70-30-15-6-16-31-70/h3-64H,1-2H3. The molecule has 490 valence electrons. The van der Waals surface area contributed by atoms with Crippen molar-refractivity contribution in [3.63, 3.8) is 0 Å². The van der Waals surface area contributed by atoms with Gasteiger partial charge in [-0.05, 0) is 166 Å². The average Bonchev–Trinajstić information content (AvgIpc) is 1.57. The zero-order valence-electron chi connectivity index (χ0n) is 57.5. The molecule has 0 heterocycles. The van der Waals surface area contributed by atoms with Gasteiger partial charge in [-0.3, -0.25) is 14.4 Å². The number of allylic oxidation sites excluding steroid dienone is 12. The minimum absolute atomic E-state index is 0.0501. The Labute approximate surface area is 607 Å². The Balaban J connectivity index is 0.833. The van der Waals surface area contributed by atoms with Gasteiger partial charge in [0.1, 0.15) is 0 Å². The quantitative estimate of drug-likeness (QED) is 0.0969. The van der Waals surface area contributed by atoms with Crippen LogP contribution in [0, 0.1) is 0 Å². The molecule has 3 heteroatoms. The molecule has 0 saturated carbocycles. The van der Waals surface area contributed by atoms with Gasteiger partial charge in [-0.15, -0.1) is 0 Å². The normalized spacial score (nSPS) is 13.9. The van der Waals surface area contributed by atoms with E-state index < -0.39 is 0 Å². The van der Waals surface area contributed by atoms with Crippen LogP contribution < -0.4 is 0 Å². The number of hydrogen-bond donors (Lipinski definition) is 0. The minimum Gasteiger partial charge on any atom is -0.289 e. The molecule has 0 radical (unpaired) electrons. The van der Waals surface area contributed by atoms with Gasteiger partial charge in [-0.1, -0.05) is 358 Å². The van der Waals surface area contributed by atoms with Crippen molar-refractivity contribution in [1.29, 1.82) is 0 Å². The van der Waals surface area contributed by atoms with Crippen molar-refractivity contribution in [2.45, 2.75) is 13.8 Å². The van der Waals surface area contributed by atoms with Crippen molar-refractivity contribution < 1.29 is 14.4 Å². The molecule has 0 amide bonds. The van der Waals surface area contributed by atoms with E-state index in [4.69, 9.17) is 0 Å². The van der Waals surface area contributed by atoms with E-state index in [2.05, 4.69) is 218 Å². The lowest BCUT2D eigenvalue weighted by molar-refractivity contribution is -0.111. The summed E-state index contributed by atoms with van der Waals surface area (Å²) in [6.07, 6.45) is 0. The Kier molecular flexibility index (Phi) is 17.0. The first-order chi connectivity index (χ1) is 51.2. The summed E-state index contributed by atoms with van der Waals surface area (Å²) in [7, 11) is 0. The Bertz CT molecular complexity index is 5900. The third kappa shape index (κ3) is 11.9. The van der Waals surface area contributed by atoms with Gasteiger partial charge in [0.2, 0.25) is 0 Å². The molecule has 0 bridgehead atoms. The maximum absolute atomic E-state index is 16.7. The van der Waals surface area contributed by atoms with Gasteiger partial charge in [0.05, 0.1) is 0 Å². The van der Waals surface area contributed by atoms with Gasteiger partial charge in [0.25, 0.3) is 0 Å². The van der Waals surface area contributed by atoms with Gasteiger partial charge in [-0.2, -0.15) is 0 Å². The smallest absolute Gasteiger partial charge is 0.195 e. The van der Waals surface area contributed by atoms with Crippen molar-refractivity contribution in [2.75, 3.05) is 0 Å². The molecule has 0 atom stereocenters. The number of hydrogen-bond acceptors (Lipinski definition) is 3. The SMILES string of the molecule is CC1=C(c2cccc(-c3ccccc3)c2)C(c2ccc(-c3ccccc3)cc2)=C(c2ccc(C3=C(c4cccc(-c5ccccc5)c4)C(c4ccc(-c5ccccc5)cc4)=C(c4ccc(C5=C(c6cccc(-c7ccccc7)c6)C(c6ccc(-c7ccccc7)cc6)=C(C)C5=O)cc4)C3=O)cc2)C1=O. The number of ketones is 3. The van der Waals surface area contributed by atoms with Crippen molar-refractivity contribution in [3.8, 4) is 66.8 Å². The first-order valence-corrected chi connectivity index (χ1v) is 35.4. The fourth-order valence-corrected chi connectivity index (χ4v) is 15.5. The van der Waals surface area contributed by atoms with E-state index >= 15 is 14.4 Å². The van der Waals surface area contributed by atoms with E-state index in [0.29, 0.717) is 44.6 Å². The molecule has 3 aliphatic rings. The third-order valence-electron chi connectivity index (χ3n) is 20.6. The second-order valence-electron chi connectivity index (χ2n) is 26.8. The monoisotopic (exact) mass is 1330 g/mol. The van der Waals surface area contributed by atoms with Crippen LogP contribution in [-0.2, 0) is 14.4 Å². The highest BCUT2D eigenvalue weighted by atomic mass is 16.1. The number of rotatable bonds is 16. The molecule has 3 nitrogen and oxygen atoms in total. The Morgan fingerprint density at radius 1 is 0.125 bits per heavy atom. The number of Topliss-reactive ketones (excluding diaryl/α,β-unsaturated/α-hetero) is 3. The Hall–Kier alpha value is -13.5. The van der Waals surface area contributed by atoms with E-state index in [1.165, 1.54) is 0 Å². The van der Waals surface area contributed by atoms with Crippen molar-refractivity contribution in [3.05, 3.63) is 443 Å². The van der Waals surface area contributed by atoms with Crippen LogP contribution in [0.1, 0.15) is 69.5 Å². The molecule has 0 aromatic heterocycles. The largest absolute Gasteiger partial charge is 0.289 e. The van der Waals surface area contributed by atoms with Crippen LogP contribution in [-0.4, -0.2) is 17.3 Å². The van der Waals surface area contributed by atoms with E-state index in [1.807, 2.05) is 172 Å². The summed E-state index contributed by atoms with van der Waals surface area (Å²) in [5.41, 5.74) is 29.9. The fraction of sp³-hybridized carbons (Fsp3) is 0.0198. The first kappa shape index (κ1) is 63.9. The van der Waals surface area contributed by atoms with Gasteiger partial charge >= 0.3 is 0 Å². The van der Waals surface area contributed by atoms with E-state index in [9.17, 15) is 0 Å². The van der Waals surface area contributed by atoms with Crippen molar-refractivity contribution in [2.24, 2.45) is 0 Å². The van der Waals surface area contributed by atoms with Gasteiger partial charge < -0.3 is 0 Å². The second-order valence-corrected chi connectivity index (χ2v) is 26.8. The molecule has 14 aromatic rings. The Morgan fingerprint density at radius 3 is 0.558 bits per heavy atom. The maximum atomic E-state index is 16.7. The lowest BCUT2D eigenvalue weighted by atomic mass is 9.86. The highest BCUT2D eigenvalue weighted by Crippen LogP contribution is 2.54. The number of carbonyl (C=O) groups is 3. The van der Waals surface area contributed by atoms with Crippen LogP contribution in [0.25, 0.3) is 122 Å². The summed E-state index contributed by atoms with van der Waals surface area (Å²) in [4.78, 5) is 47.6. The summed E-state index contributed by atoms with van der Waals surface area (Å²) in [5.74, 6) is -0.244. The topological polar surface area (TPSA) is 51.2 Å². The summed E-state index contributed by atoms with van der Waals surface area (Å²) >= 11 is 0. The number of carbonyl (C=O) groups excluding carboxylic acids is 3. The highest BCUT2D eigenvalue weighted by molar-refractivity contribution is 6.59. The zero-order valence-corrected chi connectivity index (χ0v) is 57.5. The molecule has 0 saturated heterocycles. The molecule has 17 rings (SSSR count). The molecule has 3 aliphatic carbocycles. The maximum Gasteiger partial charge on any atom is 0.195 e. The van der Waals surface area contributed by atoms with Gasteiger partial charge in [0.15, 0.2) is 17.3 Å². The molecular formula is C101H68O3.